The van der Waals surface area contributed by atoms with Crippen molar-refractivity contribution in [3.8, 4) is 0 Å². The summed E-state index contributed by atoms with van der Waals surface area (Å²) in [6, 6.07) is 7.81. The van der Waals surface area contributed by atoms with Crippen LogP contribution in [0.5, 0.6) is 0 Å². The van der Waals surface area contributed by atoms with Gasteiger partial charge in [0, 0.05) is 24.7 Å². The second-order valence-corrected chi connectivity index (χ2v) is 6.44. The number of urea groups is 1. The third-order valence-electron chi connectivity index (χ3n) is 4.76. The molecule has 1 aliphatic rings. The van der Waals surface area contributed by atoms with Crippen LogP contribution in [-0.4, -0.2) is 41.6 Å². The molecule has 23 heavy (non-hydrogen) atoms. The molecule has 126 valence electrons. The number of carbonyl (C=O) groups is 2. The number of carboxylic acids is 1. The number of halogens is 1. The summed E-state index contributed by atoms with van der Waals surface area (Å²) in [7, 11) is 0. The molecule has 1 aromatic rings. The molecule has 0 atom stereocenters. The zero-order valence-electron chi connectivity index (χ0n) is 13.3. The molecule has 0 unspecified atom stereocenters. The Morgan fingerprint density at radius 2 is 1.87 bits per heavy atom. The van der Waals surface area contributed by atoms with Gasteiger partial charge in [0.25, 0.3) is 0 Å². The zero-order chi connectivity index (χ0) is 16.9. The van der Waals surface area contributed by atoms with Crippen LogP contribution in [0, 0.1) is 0 Å². The van der Waals surface area contributed by atoms with Crippen molar-refractivity contribution >= 4 is 23.6 Å². The number of amides is 2. The van der Waals surface area contributed by atoms with E-state index in [0.29, 0.717) is 13.1 Å². The minimum atomic E-state index is -0.906. The van der Waals surface area contributed by atoms with E-state index in [1.54, 1.807) is 4.90 Å². The summed E-state index contributed by atoms with van der Waals surface area (Å²) in [6.45, 7) is 3.70. The van der Waals surface area contributed by atoms with E-state index in [2.05, 4.69) is 24.4 Å². The number of benzene rings is 1. The summed E-state index contributed by atoms with van der Waals surface area (Å²) < 4.78 is 0. The van der Waals surface area contributed by atoms with Gasteiger partial charge >= 0.3 is 12.0 Å². The molecule has 2 amide bonds. The first-order valence-corrected chi connectivity index (χ1v) is 8.35. The number of nitrogens with one attached hydrogen (secondary N) is 1. The lowest BCUT2D eigenvalue weighted by Crippen LogP contribution is -2.48. The first-order valence-electron chi connectivity index (χ1n) is 7.97. The lowest BCUT2D eigenvalue weighted by Gasteiger charge is -2.42. The molecule has 1 saturated heterocycles. The molecule has 1 aromatic carbocycles. The van der Waals surface area contributed by atoms with E-state index in [-0.39, 0.29) is 24.4 Å². The molecule has 1 fully saturated rings. The summed E-state index contributed by atoms with van der Waals surface area (Å²) in [5.74, 6) is -0.906. The van der Waals surface area contributed by atoms with Crippen LogP contribution in [0.4, 0.5) is 4.79 Å². The van der Waals surface area contributed by atoms with E-state index in [1.807, 2.05) is 12.1 Å². The van der Waals surface area contributed by atoms with Crippen molar-refractivity contribution in [1.29, 1.82) is 0 Å². The minimum Gasteiger partial charge on any atom is -0.481 e. The van der Waals surface area contributed by atoms with Gasteiger partial charge in [-0.2, -0.15) is 0 Å². The molecular weight excluding hydrogens is 316 g/mol. The van der Waals surface area contributed by atoms with Crippen molar-refractivity contribution in [2.75, 3.05) is 19.6 Å². The molecule has 0 saturated carbocycles. The van der Waals surface area contributed by atoms with E-state index in [0.717, 1.165) is 24.3 Å². The highest BCUT2D eigenvalue weighted by atomic mass is 35.5. The molecule has 2 rings (SSSR count). The van der Waals surface area contributed by atoms with Crippen LogP contribution in [0.1, 0.15) is 38.2 Å². The first kappa shape index (κ1) is 17.6. The average molecular weight is 339 g/mol. The number of nitrogens with zero attached hydrogens (tertiary/aromatic N) is 1. The van der Waals surface area contributed by atoms with Crippen molar-refractivity contribution in [1.82, 2.24) is 10.2 Å². The molecule has 0 bridgehead atoms. The number of rotatable bonds is 5. The first-order chi connectivity index (χ1) is 11.0. The highest BCUT2D eigenvalue weighted by Gasteiger charge is 2.35. The largest absolute Gasteiger partial charge is 0.481 e. The van der Waals surface area contributed by atoms with Gasteiger partial charge in [-0.05, 0) is 42.4 Å². The van der Waals surface area contributed by atoms with Gasteiger partial charge in [-0.25, -0.2) is 4.79 Å². The SMILES string of the molecule is CCC1(c2ccc(Cl)cc2)CCN(C(=O)NCCC(=O)O)CC1. The number of carbonyl (C=O) groups excluding carboxylic acids is 1. The standard InChI is InChI=1S/C17H23ClN2O3/c1-2-17(13-3-5-14(18)6-4-13)8-11-20(12-9-17)16(23)19-10-7-15(21)22/h3-6H,2,7-12H2,1H3,(H,19,23)(H,21,22). The Balaban J connectivity index is 1.94. The number of piperidine rings is 1. The Labute approximate surface area is 141 Å². The van der Waals surface area contributed by atoms with Gasteiger partial charge in [0.1, 0.15) is 0 Å². The minimum absolute atomic E-state index is 0.0523. The predicted molar refractivity (Wildman–Crippen MR) is 89.9 cm³/mol. The van der Waals surface area contributed by atoms with Crippen molar-refractivity contribution in [2.24, 2.45) is 0 Å². The smallest absolute Gasteiger partial charge is 0.317 e. The Hall–Kier alpha value is -1.75. The second kappa shape index (κ2) is 7.68. The lowest BCUT2D eigenvalue weighted by molar-refractivity contribution is -0.136. The third-order valence-corrected chi connectivity index (χ3v) is 5.01. The highest BCUT2D eigenvalue weighted by Crippen LogP contribution is 2.38. The molecule has 5 nitrogen and oxygen atoms in total. The molecule has 0 spiro atoms. The fraction of sp³-hybridized carbons (Fsp3) is 0.529. The number of carboxylic acid groups (broad SMARTS) is 1. The molecule has 0 aliphatic carbocycles. The summed E-state index contributed by atoms with van der Waals surface area (Å²) in [5, 5.41) is 12.0. The third kappa shape index (κ3) is 4.38. The number of hydrogen-bond acceptors (Lipinski definition) is 2. The zero-order valence-corrected chi connectivity index (χ0v) is 14.1. The van der Waals surface area contributed by atoms with Crippen LogP contribution in [0.15, 0.2) is 24.3 Å². The maximum atomic E-state index is 12.1. The van der Waals surface area contributed by atoms with Gasteiger partial charge in [-0.15, -0.1) is 0 Å². The van der Waals surface area contributed by atoms with E-state index in [9.17, 15) is 9.59 Å². The van der Waals surface area contributed by atoms with Gasteiger partial charge in [0.2, 0.25) is 0 Å². The van der Waals surface area contributed by atoms with Crippen molar-refractivity contribution < 1.29 is 14.7 Å². The van der Waals surface area contributed by atoms with Gasteiger partial charge in [-0.1, -0.05) is 30.7 Å². The fourth-order valence-corrected chi connectivity index (χ4v) is 3.30. The van der Waals surface area contributed by atoms with E-state index < -0.39 is 5.97 Å². The maximum absolute atomic E-state index is 12.1. The van der Waals surface area contributed by atoms with Crippen molar-refractivity contribution in [2.45, 2.75) is 38.0 Å². The Morgan fingerprint density at radius 3 is 2.39 bits per heavy atom. The fourth-order valence-electron chi connectivity index (χ4n) is 3.18. The van der Waals surface area contributed by atoms with E-state index in [1.165, 1.54) is 5.56 Å². The molecular formula is C17H23ClN2O3. The topological polar surface area (TPSA) is 69.6 Å². The molecule has 0 aromatic heterocycles. The number of hydrogen-bond donors (Lipinski definition) is 2. The van der Waals surface area contributed by atoms with Crippen LogP contribution in [0.3, 0.4) is 0 Å². The summed E-state index contributed by atoms with van der Waals surface area (Å²) in [6.07, 6.45) is 2.77. The molecule has 1 heterocycles. The van der Waals surface area contributed by atoms with Gasteiger partial charge in [0.15, 0.2) is 0 Å². The second-order valence-electron chi connectivity index (χ2n) is 6.00. The van der Waals surface area contributed by atoms with Crippen LogP contribution in [-0.2, 0) is 10.2 Å². The average Bonchev–Trinajstić information content (AvgIpc) is 2.55. The predicted octanol–water partition coefficient (Wildman–Crippen LogP) is 3.27. The Kier molecular flexibility index (Phi) is 5.88. The Morgan fingerprint density at radius 1 is 1.26 bits per heavy atom. The lowest BCUT2D eigenvalue weighted by atomic mass is 9.71. The molecule has 0 radical (unpaired) electrons. The van der Waals surface area contributed by atoms with Gasteiger partial charge < -0.3 is 15.3 Å². The van der Waals surface area contributed by atoms with Gasteiger partial charge in [0.05, 0.1) is 6.42 Å². The quantitative estimate of drug-likeness (QED) is 0.865. The van der Waals surface area contributed by atoms with Crippen LogP contribution in [0.2, 0.25) is 5.02 Å². The monoisotopic (exact) mass is 338 g/mol. The van der Waals surface area contributed by atoms with Crippen molar-refractivity contribution in [3.63, 3.8) is 0 Å². The van der Waals surface area contributed by atoms with Crippen LogP contribution >= 0.6 is 11.6 Å². The molecule has 2 N–H and O–H groups in total. The summed E-state index contributed by atoms with van der Waals surface area (Å²) in [5.41, 5.74) is 1.36. The van der Waals surface area contributed by atoms with Gasteiger partial charge in [-0.3, -0.25) is 4.79 Å². The van der Waals surface area contributed by atoms with E-state index in [4.69, 9.17) is 16.7 Å². The highest BCUT2D eigenvalue weighted by molar-refractivity contribution is 6.30. The molecule has 6 heteroatoms. The number of aliphatic carboxylic acids is 1. The summed E-state index contributed by atoms with van der Waals surface area (Å²) >= 11 is 5.97. The van der Waals surface area contributed by atoms with E-state index >= 15 is 0 Å². The maximum Gasteiger partial charge on any atom is 0.317 e. The van der Waals surface area contributed by atoms with Crippen LogP contribution < -0.4 is 5.32 Å². The van der Waals surface area contributed by atoms with Crippen molar-refractivity contribution in [3.05, 3.63) is 34.9 Å². The number of likely N-dealkylation sites (tertiary alicyclic amines) is 1. The Bertz CT molecular complexity index is 551. The normalized spacial score (nSPS) is 16.9. The molecule has 1 aliphatic heterocycles. The van der Waals surface area contributed by atoms with Crippen LogP contribution in [0.25, 0.3) is 0 Å². The summed E-state index contributed by atoms with van der Waals surface area (Å²) in [4.78, 5) is 24.3.